The summed E-state index contributed by atoms with van der Waals surface area (Å²) < 4.78 is 10.5. The molecule has 4 nitrogen and oxygen atoms in total. The fourth-order valence-corrected chi connectivity index (χ4v) is 2.86. The number of unbranched alkanes of at least 4 members (excludes halogenated alkanes) is 3. The lowest BCUT2D eigenvalue weighted by atomic mass is 9.90. The van der Waals surface area contributed by atoms with Crippen molar-refractivity contribution in [2.24, 2.45) is 0 Å². The number of amides is 1. The van der Waals surface area contributed by atoms with Crippen molar-refractivity contribution < 1.29 is 14.3 Å². The normalized spacial score (nSPS) is 21.3. The maximum absolute atomic E-state index is 12.1. The lowest BCUT2D eigenvalue weighted by molar-refractivity contribution is -0.171. The zero-order valence-corrected chi connectivity index (χ0v) is 13.2. The maximum Gasteiger partial charge on any atom is 0.254 e. The number of ether oxygens (including phenoxy) is 2. The minimum Gasteiger partial charge on any atom is -0.497 e. The number of nitrogens with zero attached hydrogens (tertiary/aromatic N) is 1. The van der Waals surface area contributed by atoms with Crippen LogP contribution < -0.4 is 4.74 Å². The summed E-state index contributed by atoms with van der Waals surface area (Å²) in [5.74, 6) is 0.933. The van der Waals surface area contributed by atoms with E-state index in [1.807, 2.05) is 29.2 Å². The number of rotatable bonds is 8. The molecule has 0 radical (unpaired) electrons. The van der Waals surface area contributed by atoms with Crippen molar-refractivity contribution in [3.05, 3.63) is 29.8 Å². The molecular weight excluding hydrogens is 266 g/mol. The molecule has 1 aromatic rings. The van der Waals surface area contributed by atoms with Crippen molar-refractivity contribution >= 4 is 5.91 Å². The number of hydrogen-bond donors (Lipinski definition) is 0. The van der Waals surface area contributed by atoms with E-state index in [1.54, 1.807) is 14.2 Å². The molecule has 0 aromatic heterocycles. The van der Waals surface area contributed by atoms with Crippen molar-refractivity contribution in [1.29, 1.82) is 0 Å². The summed E-state index contributed by atoms with van der Waals surface area (Å²) in [5, 5.41) is 0. The summed E-state index contributed by atoms with van der Waals surface area (Å²) in [7, 11) is 3.26. The van der Waals surface area contributed by atoms with Crippen molar-refractivity contribution in [2.45, 2.75) is 44.8 Å². The highest BCUT2D eigenvalue weighted by Gasteiger charge is 2.47. The molecule has 1 saturated heterocycles. The van der Waals surface area contributed by atoms with Crippen molar-refractivity contribution in [3.8, 4) is 5.75 Å². The van der Waals surface area contributed by atoms with Gasteiger partial charge in [0.15, 0.2) is 6.10 Å². The van der Waals surface area contributed by atoms with Crippen LogP contribution in [0.3, 0.4) is 0 Å². The monoisotopic (exact) mass is 291 g/mol. The Balaban J connectivity index is 2.03. The van der Waals surface area contributed by atoms with Gasteiger partial charge >= 0.3 is 0 Å². The average Bonchev–Trinajstić information content (AvgIpc) is 2.52. The topological polar surface area (TPSA) is 38.8 Å². The second-order valence-corrected chi connectivity index (χ2v) is 5.47. The first kappa shape index (κ1) is 15.8. The van der Waals surface area contributed by atoms with Gasteiger partial charge in [0.05, 0.1) is 13.2 Å². The molecule has 1 heterocycles. The molecule has 2 rings (SSSR count). The fourth-order valence-electron chi connectivity index (χ4n) is 2.86. The quantitative estimate of drug-likeness (QED) is 0.545. The van der Waals surface area contributed by atoms with Gasteiger partial charge in [-0.25, -0.2) is 0 Å². The van der Waals surface area contributed by atoms with Crippen molar-refractivity contribution in [2.75, 3.05) is 20.8 Å². The van der Waals surface area contributed by atoms with E-state index in [4.69, 9.17) is 9.47 Å². The van der Waals surface area contributed by atoms with Crippen LogP contribution in [0, 0.1) is 0 Å². The fraction of sp³-hybridized carbons (Fsp3) is 0.588. The lowest BCUT2D eigenvalue weighted by Crippen LogP contribution is -2.59. The van der Waals surface area contributed by atoms with Crippen LogP contribution in [0.4, 0.5) is 0 Å². The second-order valence-electron chi connectivity index (χ2n) is 5.47. The minimum atomic E-state index is -0.343. The molecule has 1 fully saturated rings. The van der Waals surface area contributed by atoms with E-state index < -0.39 is 0 Å². The zero-order valence-electron chi connectivity index (χ0n) is 13.2. The van der Waals surface area contributed by atoms with E-state index in [0.29, 0.717) is 0 Å². The summed E-state index contributed by atoms with van der Waals surface area (Å²) in [4.78, 5) is 14.1. The lowest BCUT2D eigenvalue weighted by Gasteiger charge is -2.46. The summed E-state index contributed by atoms with van der Waals surface area (Å²) in [6.07, 6.45) is 4.32. The van der Waals surface area contributed by atoms with E-state index in [2.05, 4.69) is 6.92 Å². The Morgan fingerprint density at radius 2 is 1.81 bits per heavy atom. The van der Waals surface area contributed by atoms with Crippen LogP contribution in [0.5, 0.6) is 5.75 Å². The number of hydrogen-bond acceptors (Lipinski definition) is 3. The van der Waals surface area contributed by atoms with Crippen LogP contribution in [0.2, 0.25) is 0 Å². The van der Waals surface area contributed by atoms with Crippen molar-refractivity contribution in [1.82, 2.24) is 4.90 Å². The predicted octanol–water partition coefficient (Wildman–Crippen LogP) is 3.17. The van der Waals surface area contributed by atoms with Gasteiger partial charge in [-0.15, -0.1) is 0 Å². The average molecular weight is 291 g/mol. The van der Waals surface area contributed by atoms with Crippen LogP contribution in [-0.2, 0) is 9.53 Å². The highest BCUT2D eigenvalue weighted by Crippen LogP contribution is 2.37. The molecule has 21 heavy (non-hydrogen) atoms. The molecule has 1 aliphatic rings. The highest BCUT2D eigenvalue weighted by molar-refractivity contribution is 5.89. The molecule has 116 valence electrons. The first-order valence-electron chi connectivity index (χ1n) is 7.70. The van der Waals surface area contributed by atoms with E-state index >= 15 is 0 Å². The van der Waals surface area contributed by atoms with Gasteiger partial charge in [0, 0.05) is 13.7 Å². The zero-order chi connectivity index (χ0) is 15.2. The molecule has 1 amide bonds. The van der Waals surface area contributed by atoms with Crippen LogP contribution in [-0.4, -0.2) is 37.7 Å². The van der Waals surface area contributed by atoms with Gasteiger partial charge in [-0.1, -0.05) is 38.3 Å². The van der Waals surface area contributed by atoms with Gasteiger partial charge in [-0.3, -0.25) is 4.79 Å². The number of likely N-dealkylation sites (tertiary alicyclic amines) is 1. The van der Waals surface area contributed by atoms with E-state index in [9.17, 15) is 4.79 Å². The molecule has 0 saturated carbocycles. The summed E-state index contributed by atoms with van der Waals surface area (Å²) in [5.41, 5.74) is 1.11. The third kappa shape index (κ3) is 3.38. The molecule has 2 atom stereocenters. The molecular formula is C17H25NO3. The summed E-state index contributed by atoms with van der Waals surface area (Å²) in [6.45, 7) is 3.01. The molecule has 1 aromatic carbocycles. The van der Waals surface area contributed by atoms with Gasteiger partial charge < -0.3 is 14.4 Å². The summed E-state index contributed by atoms with van der Waals surface area (Å²) >= 11 is 0. The Morgan fingerprint density at radius 1 is 1.10 bits per heavy atom. The first-order chi connectivity index (χ1) is 10.2. The second kappa shape index (κ2) is 7.46. The third-order valence-electron chi connectivity index (χ3n) is 4.11. The van der Waals surface area contributed by atoms with Crippen LogP contribution in [0.15, 0.2) is 24.3 Å². The van der Waals surface area contributed by atoms with Gasteiger partial charge in [-0.05, 0) is 24.1 Å². The standard InChI is InChI=1S/C17H25NO3/c1-4-5-6-7-12-18-15(16(21-3)17(18)19)13-8-10-14(20-2)11-9-13/h8-11,15-16H,4-7,12H2,1-3H3/t15-,16+/m0/s1. The molecule has 0 aliphatic carbocycles. The molecule has 1 aliphatic heterocycles. The Labute approximate surface area is 127 Å². The Morgan fingerprint density at radius 3 is 2.38 bits per heavy atom. The first-order valence-corrected chi connectivity index (χ1v) is 7.70. The van der Waals surface area contributed by atoms with Crippen LogP contribution in [0.1, 0.15) is 44.2 Å². The van der Waals surface area contributed by atoms with E-state index in [1.165, 1.54) is 19.3 Å². The number of carbonyl (C=O) groups excluding carboxylic acids is 1. The van der Waals surface area contributed by atoms with E-state index in [-0.39, 0.29) is 18.1 Å². The van der Waals surface area contributed by atoms with Gasteiger partial charge in [0.25, 0.3) is 5.91 Å². The molecule has 0 bridgehead atoms. The Hall–Kier alpha value is -1.55. The number of carbonyl (C=O) groups is 1. The molecule has 4 heteroatoms. The largest absolute Gasteiger partial charge is 0.497 e. The summed E-state index contributed by atoms with van der Waals surface area (Å²) in [6, 6.07) is 7.93. The number of methoxy groups -OCH3 is 2. The minimum absolute atomic E-state index is 0.0371. The number of benzene rings is 1. The SMILES string of the molecule is CCCCCCN1C(=O)[C@H](OC)[C@@H]1c1ccc(OC)cc1. The van der Waals surface area contributed by atoms with Gasteiger partial charge in [-0.2, -0.15) is 0 Å². The van der Waals surface area contributed by atoms with Gasteiger partial charge in [0.2, 0.25) is 0 Å². The molecule has 0 unspecified atom stereocenters. The van der Waals surface area contributed by atoms with Crippen LogP contribution in [0.25, 0.3) is 0 Å². The number of β-lactam (4-membered cyclic amide) rings is 1. The smallest absolute Gasteiger partial charge is 0.254 e. The Kier molecular flexibility index (Phi) is 5.62. The third-order valence-corrected chi connectivity index (χ3v) is 4.11. The predicted molar refractivity (Wildman–Crippen MR) is 82.4 cm³/mol. The molecule has 0 spiro atoms. The molecule has 0 N–H and O–H groups in total. The van der Waals surface area contributed by atoms with Crippen LogP contribution >= 0.6 is 0 Å². The highest BCUT2D eigenvalue weighted by atomic mass is 16.5. The van der Waals surface area contributed by atoms with E-state index in [0.717, 1.165) is 24.3 Å². The maximum atomic E-state index is 12.1. The Bertz CT molecular complexity index is 458. The van der Waals surface area contributed by atoms with Crippen molar-refractivity contribution in [3.63, 3.8) is 0 Å². The van der Waals surface area contributed by atoms with Gasteiger partial charge in [0.1, 0.15) is 5.75 Å².